The molecule has 0 unspecified atom stereocenters. The van der Waals surface area contributed by atoms with Crippen LogP contribution < -0.4 is 16.0 Å². The van der Waals surface area contributed by atoms with E-state index in [-0.39, 0.29) is 36.2 Å². The van der Waals surface area contributed by atoms with Crippen LogP contribution >= 0.6 is 12.4 Å². The summed E-state index contributed by atoms with van der Waals surface area (Å²) in [6.45, 7) is 1.90. The Bertz CT molecular complexity index is 645. The molecule has 0 aromatic carbocycles. The normalized spacial score (nSPS) is 27.9. The Morgan fingerprint density at radius 3 is 2.96 bits per heavy atom. The molecule has 138 valence electrons. The van der Waals surface area contributed by atoms with Crippen LogP contribution in [0.15, 0.2) is 12.4 Å². The number of carbonyl (C=O) groups excluding carboxylic acids is 2. The van der Waals surface area contributed by atoms with Gasteiger partial charge in [0.05, 0.1) is 17.3 Å². The predicted octanol–water partition coefficient (Wildman–Crippen LogP) is 1.30. The summed E-state index contributed by atoms with van der Waals surface area (Å²) < 4.78 is 1.58. The number of rotatable bonds is 5. The number of nitrogens with zero attached hydrogens (tertiary/aromatic N) is 2. The van der Waals surface area contributed by atoms with Gasteiger partial charge in [0.2, 0.25) is 11.8 Å². The van der Waals surface area contributed by atoms with Crippen molar-refractivity contribution in [3.63, 3.8) is 0 Å². The summed E-state index contributed by atoms with van der Waals surface area (Å²) in [5.41, 5.74) is 0.397. The molecular formula is C17H26ClN5O2. The van der Waals surface area contributed by atoms with Gasteiger partial charge in [0.25, 0.3) is 0 Å². The number of anilines is 1. The fourth-order valence-corrected chi connectivity index (χ4v) is 4.11. The first-order valence-electron chi connectivity index (χ1n) is 9.00. The van der Waals surface area contributed by atoms with E-state index in [2.05, 4.69) is 21.0 Å². The van der Waals surface area contributed by atoms with Crippen molar-refractivity contribution in [2.45, 2.75) is 51.1 Å². The molecule has 2 aliphatic carbocycles. The number of amides is 2. The fraction of sp³-hybridized carbons (Fsp3) is 0.706. The molecule has 2 amide bonds. The Morgan fingerprint density at radius 1 is 1.32 bits per heavy atom. The summed E-state index contributed by atoms with van der Waals surface area (Å²) in [5.74, 6) is 0.509. The van der Waals surface area contributed by atoms with Crippen LogP contribution in [0, 0.1) is 11.3 Å². The molecule has 1 aliphatic heterocycles. The van der Waals surface area contributed by atoms with E-state index in [1.54, 1.807) is 17.1 Å². The van der Waals surface area contributed by atoms with Crippen molar-refractivity contribution in [1.29, 1.82) is 0 Å². The van der Waals surface area contributed by atoms with Crippen LogP contribution in [-0.2, 0) is 16.1 Å². The van der Waals surface area contributed by atoms with Gasteiger partial charge in [-0.05, 0) is 38.1 Å². The van der Waals surface area contributed by atoms with Crippen molar-refractivity contribution in [2.24, 2.45) is 11.3 Å². The molecule has 0 spiro atoms. The summed E-state index contributed by atoms with van der Waals surface area (Å²) >= 11 is 0. The molecule has 2 saturated carbocycles. The lowest BCUT2D eigenvalue weighted by molar-refractivity contribution is -0.128. The van der Waals surface area contributed by atoms with Crippen molar-refractivity contribution < 1.29 is 9.59 Å². The maximum atomic E-state index is 12.9. The third-order valence-corrected chi connectivity index (χ3v) is 5.63. The zero-order valence-corrected chi connectivity index (χ0v) is 15.1. The lowest BCUT2D eigenvalue weighted by Crippen LogP contribution is -2.44. The summed E-state index contributed by atoms with van der Waals surface area (Å²) in [4.78, 5) is 24.7. The molecule has 7 nitrogen and oxygen atoms in total. The molecule has 3 N–H and O–H groups in total. The highest BCUT2D eigenvalue weighted by Gasteiger charge is 2.49. The quantitative estimate of drug-likeness (QED) is 0.732. The number of halogens is 1. The van der Waals surface area contributed by atoms with Crippen LogP contribution in [0.5, 0.6) is 0 Å². The van der Waals surface area contributed by atoms with Gasteiger partial charge in [-0.15, -0.1) is 12.4 Å². The van der Waals surface area contributed by atoms with Gasteiger partial charge in [-0.3, -0.25) is 14.3 Å². The van der Waals surface area contributed by atoms with E-state index >= 15 is 0 Å². The summed E-state index contributed by atoms with van der Waals surface area (Å²) in [7, 11) is 0. The summed E-state index contributed by atoms with van der Waals surface area (Å²) in [5, 5.41) is 13.5. The molecule has 0 radical (unpaired) electrons. The number of hydrogen-bond acceptors (Lipinski definition) is 4. The molecule has 25 heavy (non-hydrogen) atoms. The highest BCUT2D eigenvalue weighted by Crippen LogP contribution is 2.44. The van der Waals surface area contributed by atoms with Crippen LogP contribution in [0.3, 0.4) is 0 Å². The molecule has 3 fully saturated rings. The third-order valence-electron chi connectivity index (χ3n) is 5.63. The average molecular weight is 368 g/mol. The van der Waals surface area contributed by atoms with Gasteiger partial charge >= 0.3 is 0 Å². The second-order valence-electron chi connectivity index (χ2n) is 7.45. The molecule has 4 rings (SSSR count). The van der Waals surface area contributed by atoms with E-state index in [9.17, 15) is 9.59 Å². The minimum absolute atomic E-state index is 0. The molecule has 1 aromatic rings. The van der Waals surface area contributed by atoms with E-state index in [1.807, 2.05) is 0 Å². The standard InChI is InChI=1S/C17H25N5O2.ClH/c23-15(20-13-4-5-13)10-22-9-14(8-19-22)21-16(24)17-6-2-1-3-12(17)7-18-11-17;/h8-9,12-13,18H,1-7,10-11H2,(H,20,23)(H,21,24);1H/t12-,17+;/m0./s1. The lowest BCUT2D eigenvalue weighted by atomic mass is 9.67. The Kier molecular flexibility index (Phi) is 5.34. The van der Waals surface area contributed by atoms with Gasteiger partial charge in [0.1, 0.15) is 6.54 Å². The number of carbonyl (C=O) groups is 2. The summed E-state index contributed by atoms with van der Waals surface area (Å²) in [6.07, 6.45) is 9.92. The Labute approximate surface area is 153 Å². The van der Waals surface area contributed by atoms with Gasteiger partial charge in [-0.25, -0.2) is 0 Å². The second-order valence-corrected chi connectivity index (χ2v) is 7.45. The van der Waals surface area contributed by atoms with Crippen molar-refractivity contribution in [2.75, 3.05) is 18.4 Å². The molecule has 0 bridgehead atoms. The first kappa shape index (κ1) is 18.2. The monoisotopic (exact) mass is 367 g/mol. The molecule has 3 aliphatic rings. The van der Waals surface area contributed by atoms with Gasteiger partial charge in [-0.1, -0.05) is 12.8 Å². The van der Waals surface area contributed by atoms with E-state index in [0.29, 0.717) is 17.6 Å². The first-order chi connectivity index (χ1) is 11.7. The van der Waals surface area contributed by atoms with Crippen LogP contribution in [0.25, 0.3) is 0 Å². The van der Waals surface area contributed by atoms with E-state index in [4.69, 9.17) is 0 Å². The minimum Gasteiger partial charge on any atom is -0.352 e. The van der Waals surface area contributed by atoms with Crippen LogP contribution in [0.2, 0.25) is 0 Å². The fourth-order valence-electron chi connectivity index (χ4n) is 4.11. The number of aromatic nitrogens is 2. The maximum absolute atomic E-state index is 12.9. The lowest BCUT2D eigenvalue weighted by Gasteiger charge is -2.36. The van der Waals surface area contributed by atoms with E-state index < -0.39 is 0 Å². The Balaban J connectivity index is 0.00000182. The predicted molar refractivity (Wildman–Crippen MR) is 96.5 cm³/mol. The second kappa shape index (κ2) is 7.33. The average Bonchev–Trinajstić information content (AvgIpc) is 3.10. The molecular weight excluding hydrogens is 342 g/mol. The van der Waals surface area contributed by atoms with Gasteiger partial charge < -0.3 is 16.0 Å². The Hall–Kier alpha value is -1.60. The van der Waals surface area contributed by atoms with Crippen molar-refractivity contribution in [1.82, 2.24) is 20.4 Å². The molecule has 2 atom stereocenters. The third kappa shape index (κ3) is 3.82. The number of hydrogen-bond donors (Lipinski definition) is 3. The first-order valence-corrected chi connectivity index (χ1v) is 9.00. The van der Waals surface area contributed by atoms with Crippen LogP contribution in [-0.4, -0.2) is 40.7 Å². The largest absolute Gasteiger partial charge is 0.352 e. The van der Waals surface area contributed by atoms with E-state index in [1.165, 1.54) is 6.42 Å². The zero-order chi connectivity index (χ0) is 16.6. The molecule has 1 saturated heterocycles. The van der Waals surface area contributed by atoms with Crippen LogP contribution in [0.1, 0.15) is 38.5 Å². The highest BCUT2D eigenvalue weighted by molar-refractivity contribution is 5.96. The van der Waals surface area contributed by atoms with E-state index in [0.717, 1.165) is 45.2 Å². The smallest absolute Gasteiger partial charge is 0.241 e. The van der Waals surface area contributed by atoms with Crippen LogP contribution in [0.4, 0.5) is 5.69 Å². The highest BCUT2D eigenvalue weighted by atomic mass is 35.5. The topological polar surface area (TPSA) is 88.1 Å². The molecule has 1 aromatic heterocycles. The SMILES string of the molecule is Cl.O=C(Cn1cc(NC(=O)[C@@]23CCCC[C@H]2CNC3)cn1)NC1CC1. The van der Waals surface area contributed by atoms with Crippen molar-refractivity contribution in [3.8, 4) is 0 Å². The summed E-state index contributed by atoms with van der Waals surface area (Å²) in [6, 6.07) is 0.351. The maximum Gasteiger partial charge on any atom is 0.241 e. The van der Waals surface area contributed by atoms with Gasteiger partial charge in [0, 0.05) is 18.8 Å². The zero-order valence-electron chi connectivity index (χ0n) is 14.3. The van der Waals surface area contributed by atoms with Crippen molar-refractivity contribution in [3.05, 3.63) is 12.4 Å². The Morgan fingerprint density at radius 2 is 2.16 bits per heavy atom. The van der Waals surface area contributed by atoms with Gasteiger partial charge in [0.15, 0.2) is 0 Å². The molecule has 8 heteroatoms. The number of nitrogens with one attached hydrogen (secondary N) is 3. The molecule has 2 heterocycles. The van der Waals surface area contributed by atoms with Gasteiger partial charge in [-0.2, -0.15) is 5.10 Å². The number of fused-ring (bicyclic) bond motifs is 1. The van der Waals surface area contributed by atoms with Crippen molar-refractivity contribution >= 4 is 29.9 Å². The minimum atomic E-state index is -0.274.